The summed E-state index contributed by atoms with van der Waals surface area (Å²) in [5, 5.41) is 1.02. The van der Waals surface area contributed by atoms with Gasteiger partial charge in [0.1, 0.15) is 0 Å². The Labute approximate surface area is 115 Å². The molecule has 0 saturated heterocycles. The van der Waals surface area contributed by atoms with E-state index in [9.17, 15) is 13.2 Å². The Morgan fingerprint density at radius 1 is 0.895 bits per heavy atom. The summed E-state index contributed by atoms with van der Waals surface area (Å²) in [6, 6.07) is 12.2. The highest BCUT2D eigenvalue weighted by Gasteiger charge is 2.36. The van der Waals surface area contributed by atoms with Crippen LogP contribution in [0.5, 0.6) is 0 Å². The van der Waals surface area contributed by atoms with E-state index in [0.717, 1.165) is 11.4 Å². The average Bonchev–Trinajstić information content (AvgIpc) is 2.39. The average molecular weight is 300 g/mol. The molecule has 2 rings (SSSR count). The standard InChI is InChI=1S/C14H12F3PS/c1-18(19,11-7-3-2-4-8-11)13-10-6-5-9-12(13)14(15,16)17/h2-10H,1H3. The maximum Gasteiger partial charge on any atom is 0.417 e. The SMILES string of the molecule is CP(=S)(c1ccccc1)c1ccccc1C(F)(F)F. The summed E-state index contributed by atoms with van der Waals surface area (Å²) in [7, 11) is 0. The first kappa shape index (κ1) is 14.3. The molecular formula is C14H12F3PS. The van der Waals surface area contributed by atoms with Crippen LogP contribution in [0.1, 0.15) is 5.56 Å². The van der Waals surface area contributed by atoms with Crippen molar-refractivity contribution >= 4 is 28.5 Å². The second-order valence-electron chi connectivity index (χ2n) is 4.27. The molecular weight excluding hydrogens is 288 g/mol. The fourth-order valence-corrected chi connectivity index (χ4v) is 4.83. The van der Waals surface area contributed by atoms with Crippen molar-refractivity contribution in [3.05, 3.63) is 60.2 Å². The van der Waals surface area contributed by atoms with Crippen molar-refractivity contribution < 1.29 is 13.2 Å². The Hall–Kier alpha value is -1.12. The molecule has 0 bridgehead atoms. The van der Waals surface area contributed by atoms with Crippen LogP contribution in [-0.4, -0.2) is 6.66 Å². The molecule has 100 valence electrons. The third kappa shape index (κ3) is 2.90. The molecule has 1 unspecified atom stereocenters. The van der Waals surface area contributed by atoms with Gasteiger partial charge in [0.15, 0.2) is 0 Å². The van der Waals surface area contributed by atoms with E-state index in [1.165, 1.54) is 12.1 Å². The first-order valence-corrected chi connectivity index (χ1v) is 8.88. The fourth-order valence-electron chi connectivity index (χ4n) is 1.94. The van der Waals surface area contributed by atoms with Gasteiger partial charge in [-0.3, -0.25) is 0 Å². The predicted molar refractivity (Wildman–Crippen MR) is 77.4 cm³/mol. The molecule has 0 nitrogen and oxygen atoms in total. The normalized spacial score (nSPS) is 14.9. The molecule has 0 amide bonds. The molecule has 19 heavy (non-hydrogen) atoms. The Morgan fingerprint density at radius 3 is 2.00 bits per heavy atom. The summed E-state index contributed by atoms with van der Waals surface area (Å²) in [4.78, 5) is 0. The number of hydrogen-bond acceptors (Lipinski definition) is 1. The largest absolute Gasteiger partial charge is 0.417 e. The smallest absolute Gasteiger partial charge is 0.166 e. The summed E-state index contributed by atoms with van der Waals surface area (Å²) >= 11 is 5.54. The van der Waals surface area contributed by atoms with Gasteiger partial charge in [-0.1, -0.05) is 60.3 Å². The molecule has 0 heterocycles. The van der Waals surface area contributed by atoms with Crippen molar-refractivity contribution in [3.63, 3.8) is 0 Å². The minimum Gasteiger partial charge on any atom is -0.166 e. The zero-order chi connectivity index (χ0) is 14.1. The van der Waals surface area contributed by atoms with E-state index >= 15 is 0 Å². The molecule has 0 aliphatic heterocycles. The van der Waals surface area contributed by atoms with Crippen LogP contribution in [0.2, 0.25) is 0 Å². The molecule has 0 spiro atoms. The zero-order valence-electron chi connectivity index (χ0n) is 10.2. The lowest BCUT2D eigenvalue weighted by Gasteiger charge is -2.22. The van der Waals surface area contributed by atoms with Gasteiger partial charge >= 0.3 is 6.18 Å². The predicted octanol–water partition coefficient (Wildman–Crippen LogP) is 3.77. The van der Waals surface area contributed by atoms with Crippen molar-refractivity contribution in [3.8, 4) is 0 Å². The first-order valence-electron chi connectivity index (χ1n) is 5.63. The number of hydrogen-bond donors (Lipinski definition) is 0. The Morgan fingerprint density at radius 2 is 1.42 bits per heavy atom. The van der Waals surface area contributed by atoms with Gasteiger partial charge in [-0.15, -0.1) is 0 Å². The topological polar surface area (TPSA) is 0 Å². The minimum absolute atomic E-state index is 0.226. The van der Waals surface area contributed by atoms with Crippen LogP contribution < -0.4 is 10.6 Å². The van der Waals surface area contributed by atoms with Crippen LogP contribution in [-0.2, 0) is 18.0 Å². The van der Waals surface area contributed by atoms with Crippen molar-refractivity contribution in [2.75, 3.05) is 6.66 Å². The molecule has 0 aliphatic carbocycles. The minimum atomic E-state index is -4.37. The van der Waals surface area contributed by atoms with E-state index in [0.29, 0.717) is 0 Å². The third-order valence-corrected chi connectivity index (χ3v) is 6.73. The molecule has 1 atom stereocenters. The summed E-state index contributed by atoms with van der Waals surface area (Å²) in [5.74, 6) is 0. The molecule has 0 aliphatic rings. The van der Waals surface area contributed by atoms with Gasteiger partial charge in [-0.05, 0) is 18.0 Å². The third-order valence-electron chi connectivity index (χ3n) is 2.92. The van der Waals surface area contributed by atoms with Gasteiger partial charge in [0.05, 0.1) is 5.56 Å². The van der Waals surface area contributed by atoms with Crippen LogP contribution in [0.15, 0.2) is 54.6 Å². The maximum atomic E-state index is 13.1. The summed E-state index contributed by atoms with van der Waals surface area (Å²) in [5.41, 5.74) is -0.621. The zero-order valence-corrected chi connectivity index (χ0v) is 11.9. The summed E-state index contributed by atoms with van der Waals surface area (Å²) in [6.07, 6.45) is -4.37. The van der Waals surface area contributed by atoms with Crippen molar-refractivity contribution in [1.82, 2.24) is 0 Å². The molecule has 0 N–H and O–H groups in total. The van der Waals surface area contributed by atoms with Gasteiger partial charge in [0, 0.05) is 11.3 Å². The molecule has 0 saturated carbocycles. The summed E-state index contributed by atoms with van der Waals surface area (Å²) in [6.45, 7) is 1.74. The lowest BCUT2D eigenvalue weighted by Crippen LogP contribution is -2.23. The number of halogens is 3. The van der Waals surface area contributed by atoms with E-state index in [-0.39, 0.29) is 5.30 Å². The quantitative estimate of drug-likeness (QED) is 0.761. The lowest BCUT2D eigenvalue weighted by molar-refractivity contribution is -0.136. The summed E-state index contributed by atoms with van der Waals surface area (Å²) < 4.78 is 39.2. The van der Waals surface area contributed by atoms with E-state index in [2.05, 4.69) is 0 Å². The second-order valence-corrected chi connectivity index (χ2v) is 9.31. The number of rotatable bonds is 2. The molecule has 0 fully saturated rings. The highest BCUT2D eigenvalue weighted by Crippen LogP contribution is 2.43. The maximum absolute atomic E-state index is 13.1. The van der Waals surface area contributed by atoms with Crippen molar-refractivity contribution in [2.45, 2.75) is 6.18 Å². The van der Waals surface area contributed by atoms with Gasteiger partial charge < -0.3 is 0 Å². The molecule has 0 aromatic heterocycles. The molecule has 5 heteroatoms. The van der Waals surface area contributed by atoms with Gasteiger partial charge in [0.2, 0.25) is 0 Å². The van der Waals surface area contributed by atoms with Gasteiger partial charge in [-0.2, -0.15) is 13.2 Å². The van der Waals surface area contributed by atoms with E-state index in [4.69, 9.17) is 11.8 Å². The molecule has 2 aromatic carbocycles. The highest BCUT2D eigenvalue weighted by atomic mass is 32.4. The molecule has 2 aromatic rings. The number of alkyl halides is 3. The second kappa shape index (κ2) is 5.10. The molecule has 0 radical (unpaired) electrons. The Bertz CT molecular complexity index is 620. The van der Waals surface area contributed by atoms with Crippen molar-refractivity contribution in [2.24, 2.45) is 0 Å². The Balaban J connectivity index is 2.63. The van der Waals surface area contributed by atoms with Crippen LogP contribution in [0.4, 0.5) is 13.2 Å². The van der Waals surface area contributed by atoms with Crippen molar-refractivity contribution in [1.29, 1.82) is 0 Å². The highest BCUT2D eigenvalue weighted by molar-refractivity contribution is 8.21. The first-order chi connectivity index (χ1) is 8.83. The Kier molecular flexibility index (Phi) is 3.84. The number of benzene rings is 2. The van der Waals surface area contributed by atoms with Gasteiger partial charge in [-0.25, -0.2) is 0 Å². The monoisotopic (exact) mass is 300 g/mol. The van der Waals surface area contributed by atoms with E-state index in [1.54, 1.807) is 37.0 Å². The fraction of sp³-hybridized carbons (Fsp3) is 0.143. The van der Waals surface area contributed by atoms with Crippen LogP contribution in [0, 0.1) is 0 Å². The van der Waals surface area contributed by atoms with Crippen LogP contribution in [0.3, 0.4) is 0 Å². The van der Waals surface area contributed by atoms with Crippen LogP contribution in [0.25, 0.3) is 0 Å². The van der Waals surface area contributed by atoms with E-state index in [1.807, 2.05) is 6.07 Å². The van der Waals surface area contributed by atoms with E-state index < -0.39 is 17.8 Å². The lowest BCUT2D eigenvalue weighted by atomic mass is 10.2. The van der Waals surface area contributed by atoms with Gasteiger partial charge in [0.25, 0.3) is 0 Å². The van der Waals surface area contributed by atoms with Crippen LogP contribution >= 0.6 is 6.04 Å².